The summed E-state index contributed by atoms with van der Waals surface area (Å²) in [7, 11) is 0. The molecule has 0 fully saturated rings. The summed E-state index contributed by atoms with van der Waals surface area (Å²) >= 11 is 0. The molecular weight excluding hydrogens is 260 g/mol. The zero-order valence-corrected chi connectivity index (χ0v) is 13.7. The van der Waals surface area contributed by atoms with E-state index in [1.165, 1.54) is 38.5 Å². The van der Waals surface area contributed by atoms with E-state index < -0.39 is 0 Å². The van der Waals surface area contributed by atoms with Crippen molar-refractivity contribution in [3.63, 3.8) is 0 Å². The van der Waals surface area contributed by atoms with Crippen molar-refractivity contribution in [3.05, 3.63) is 30.1 Å². The van der Waals surface area contributed by atoms with Crippen molar-refractivity contribution in [2.45, 2.75) is 65.2 Å². The van der Waals surface area contributed by atoms with Gasteiger partial charge in [0.1, 0.15) is 0 Å². The van der Waals surface area contributed by atoms with Gasteiger partial charge in [-0.1, -0.05) is 52.4 Å². The van der Waals surface area contributed by atoms with Gasteiger partial charge in [-0.15, -0.1) is 0 Å². The minimum atomic E-state index is 0.135. The second-order valence-corrected chi connectivity index (χ2v) is 5.66. The van der Waals surface area contributed by atoms with E-state index in [1.807, 2.05) is 17.0 Å². The zero-order chi connectivity index (χ0) is 15.3. The predicted octanol–water partition coefficient (Wildman–Crippen LogP) is 4.68. The molecule has 0 atom stereocenters. The van der Waals surface area contributed by atoms with Crippen LogP contribution in [-0.2, 0) is 0 Å². The van der Waals surface area contributed by atoms with Gasteiger partial charge in [-0.2, -0.15) is 0 Å². The maximum Gasteiger partial charge on any atom is 0.255 e. The summed E-state index contributed by atoms with van der Waals surface area (Å²) in [5, 5.41) is 0. The van der Waals surface area contributed by atoms with Crippen LogP contribution in [0, 0.1) is 0 Å². The molecule has 1 heterocycles. The Morgan fingerprint density at radius 2 is 1.62 bits per heavy atom. The molecule has 0 aliphatic heterocycles. The van der Waals surface area contributed by atoms with Gasteiger partial charge in [0.25, 0.3) is 5.91 Å². The molecule has 21 heavy (non-hydrogen) atoms. The van der Waals surface area contributed by atoms with E-state index in [2.05, 4.69) is 18.8 Å². The van der Waals surface area contributed by atoms with Crippen molar-refractivity contribution in [2.75, 3.05) is 13.1 Å². The van der Waals surface area contributed by atoms with Crippen LogP contribution in [0.15, 0.2) is 24.5 Å². The third-order valence-corrected chi connectivity index (χ3v) is 3.76. The molecule has 0 aromatic carbocycles. The van der Waals surface area contributed by atoms with Crippen LogP contribution in [-0.4, -0.2) is 28.9 Å². The molecule has 0 saturated carbocycles. The van der Waals surface area contributed by atoms with Gasteiger partial charge < -0.3 is 4.90 Å². The highest BCUT2D eigenvalue weighted by Crippen LogP contribution is 2.09. The maximum atomic E-state index is 12.6. The smallest absolute Gasteiger partial charge is 0.255 e. The predicted molar refractivity (Wildman–Crippen MR) is 88.4 cm³/mol. The van der Waals surface area contributed by atoms with E-state index in [9.17, 15) is 4.79 Å². The minimum Gasteiger partial charge on any atom is -0.339 e. The number of rotatable bonds is 11. The summed E-state index contributed by atoms with van der Waals surface area (Å²) < 4.78 is 0. The fourth-order valence-electron chi connectivity index (χ4n) is 2.45. The van der Waals surface area contributed by atoms with Crippen LogP contribution in [0.25, 0.3) is 0 Å². The average molecular weight is 290 g/mol. The van der Waals surface area contributed by atoms with Gasteiger partial charge in [-0.25, -0.2) is 0 Å². The molecule has 0 saturated heterocycles. The van der Waals surface area contributed by atoms with Crippen LogP contribution < -0.4 is 0 Å². The molecule has 118 valence electrons. The van der Waals surface area contributed by atoms with Crippen LogP contribution in [0.5, 0.6) is 0 Å². The summed E-state index contributed by atoms with van der Waals surface area (Å²) in [6.45, 7) is 6.17. The number of amides is 1. The van der Waals surface area contributed by atoms with Crippen molar-refractivity contribution in [3.8, 4) is 0 Å². The van der Waals surface area contributed by atoms with E-state index in [0.29, 0.717) is 5.56 Å². The lowest BCUT2D eigenvalue weighted by Gasteiger charge is -2.22. The lowest BCUT2D eigenvalue weighted by molar-refractivity contribution is 0.0749. The molecule has 0 spiro atoms. The monoisotopic (exact) mass is 290 g/mol. The van der Waals surface area contributed by atoms with E-state index in [-0.39, 0.29) is 5.91 Å². The standard InChI is InChI=1S/C18H30N2O/c1-3-5-7-9-14-20(15-10-8-6-4-2)18(21)17-12-11-13-19-16-17/h11-13,16H,3-10,14-15H2,1-2H3. The number of nitrogens with zero attached hydrogens (tertiary/aromatic N) is 2. The first-order chi connectivity index (χ1) is 10.3. The second-order valence-electron chi connectivity index (χ2n) is 5.66. The fourth-order valence-corrected chi connectivity index (χ4v) is 2.45. The molecule has 1 amide bonds. The van der Waals surface area contributed by atoms with Crippen molar-refractivity contribution in [1.82, 2.24) is 9.88 Å². The number of carbonyl (C=O) groups is 1. The third kappa shape index (κ3) is 7.26. The molecule has 3 heteroatoms. The largest absolute Gasteiger partial charge is 0.339 e. The molecule has 0 radical (unpaired) electrons. The van der Waals surface area contributed by atoms with E-state index in [0.717, 1.165) is 25.9 Å². The number of unbranched alkanes of at least 4 members (excludes halogenated alkanes) is 6. The lowest BCUT2D eigenvalue weighted by atomic mass is 10.1. The second kappa shape index (κ2) is 11.3. The highest BCUT2D eigenvalue weighted by molar-refractivity contribution is 5.93. The third-order valence-electron chi connectivity index (χ3n) is 3.76. The van der Waals surface area contributed by atoms with Gasteiger partial charge >= 0.3 is 0 Å². The Kier molecular flexibility index (Phi) is 9.51. The Balaban J connectivity index is 2.51. The molecule has 1 aromatic heterocycles. The maximum absolute atomic E-state index is 12.6. The van der Waals surface area contributed by atoms with Crippen LogP contribution >= 0.6 is 0 Å². The van der Waals surface area contributed by atoms with Crippen molar-refractivity contribution < 1.29 is 4.79 Å². The van der Waals surface area contributed by atoms with Crippen LogP contribution in [0.1, 0.15) is 75.6 Å². The fraction of sp³-hybridized carbons (Fsp3) is 0.667. The molecule has 0 unspecified atom stereocenters. The van der Waals surface area contributed by atoms with E-state index >= 15 is 0 Å². The summed E-state index contributed by atoms with van der Waals surface area (Å²) in [4.78, 5) is 18.6. The first kappa shape index (κ1) is 17.7. The molecule has 0 aliphatic carbocycles. The van der Waals surface area contributed by atoms with Gasteiger partial charge in [0.15, 0.2) is 0 Å². The molecular formula is C18H30N2O. The molecule has 0 N–H and O–H groups in total. The van der Waals surface area contributed by atoms with Gasteiger partial charge in [0.05, 0.1) is 5.56 Å². The first-order valence-electron chi connectivity index (χ1n) is 8.48. The number of carbonyl (C=O) groups excluding carboxylic acids is 1. The molecule has 1 rings (SSSR count). The van der Waals surface area contributed by atoms with Gasteiger partial charge in [0, 0.05) is 25.5 Å². The zero-order valence-electron chi connectivity index (χ0n) is 13.7. The van der Waals surface area contributed by atoms with Crippen molar-refractivity contribution in [2.24, 2.45) is 0 Å². The topological polar surface area (TPSA) is 33.2 Å². The quantitative estimate of drug-likeness (QED) is 0.554. The Labute approximate surface area is 129 Å². The van der Waals surface area contributed by atoms with Crippen LogP contribution in [0.2, 0.25) is 0 Å². The number of hydrogen-bond donors (Lipinski definition) is 0. The van der Waals surface area contributed by atoms with Crippen molar-refractivity contribution >= 4 is 5.91 Å². The SMILES string of the molecule is CCCCCCN(CCCCCC)C(=O)c1cccnc1. The van der Waals surface area contributed by atoms with Gasteiger partial charge in [0.2, 0.25) is 0 Å². The Bertz CT molecular complexity index is 366. The number of aromatic nitrogens is 1. The Hall–Kier alpha value is -1.38. The van der Waals surface area contributed by atoms with Crippen molar-refractivity contribution in [1.29, 1.82) is 0 Å². The highest BCUT2D eigenvalue weighted by Gasteiger charge is 2.14. The van der Waals surface area contributed by atoms with E-state index in [4.69, 9.17) is 0 Å². The highest BCUT2D eigenvalue weighted by atomic mass is 16.2. The van der Waals surface area contributed by atoms with Gasteiger partial charge in [-0.05, 0) is 25.0 Å². The Morgan fingerprint density at radius 3 is 2.10 bits per heavy atom. The lowest BCUT2D eigenvalue weighted by Crippen LogP contribution is -2.33. The number of pyridine rings is 1. The molecule has 3 nitrogen and oxygen atoms in total. The summed E-state index contributed by atoms with van der Waals surface area (Å²) in [6, 6.07) is 3.69. The van der Waals surface area contributed by atoms with Crippen LogP contribution in [0.4, 0.5) is 0 Å². The van der Waals surface area contributed by atoms with Gasteiger partial charge in [-0.3, -0.25) is 9.78 Å². The van der Waals surface area contributed by atoms with E-state index in [1.54, 1.807) is 12.4 Å². The normalized spacial score (nSPS) is 10.6. The molecule has 1 aromatic rings. The Morgan fingerprint density at radius 1 is 1.00 bits per heavy atom. The minimum absolute atomic E-state index is 0.135. The first-order valence-corrected chi connectivity index (χ1v) is 8.48. The summed E-state index contributed by atoms with van der Waals surface area (Å²) in [5.74, 6) is 0.135. The molecule has 0 aliphatic rings. The van der Waals surface area contributed by atoms with Crippen LogP contribution in [0.3, 0.4) is 0 Å². The molecule has 0 bridgehead atoms. The summed E-state index contributed by atoms with van der Waals surface area (Å²) in [6.07, 6.45) is 13.0. The summed E-state index contributed by atoms with van der Waals surface area (Å²) in [5.41, 5.74) is 0.712. The average Bonchev–Trinajstić information content (AvgIpc) is 2.53. The number of hydrogen-bond acceptors (Lipinski definition) is 2.